The number of carbonyl (C=O) groups excluding carboxylic acids is 1. The highest BCUT2D eigenvalue weighted by Crippen LogP contribution is 2.19. The normalized spacial score (nSPS) is 15.0. The molecular formula is C8H10N4O3. The van der Waals surface area contributed by atoms with Gasteiger partial charge in [-0.1, -0.05) is 0 Å². The summed E-state index contributed by atoms with van der Waals surface area (Å²) in [5.74, 6) is -0.461. The topological polar surface area (TPSA) is 90.1 Å². The van der Waals surface area contributed by atoms with E-state index in [1.807, 2.05) is 0 Å². The molecule has 80 valence electrons. The van der Waals surface area contributed by atoms with Crippen molar-refractivity contribution in [3.63, 3.8) is 0 Å². The first kappa shape index (κ1) is 9.63. The number of hydrogen-bond acceptors (Lipinski definition) is 4. The number of nitrogens with one attached hydrogen (secondary N) is 1. The lowest BCUT2D eigenvalue weighted by Gasteiger charge is -1.99. The van der Waals surface area contributed by atoms with Gasteiger partial charge in [-0.15, -0.1) is 0 Å². The van der Waals surface area contributed by atoms with Crippen LogP contribution < -0.4 is 5.32 Å². The van der Waals surface area contributed by atoms with E-state index in [1.165, 1.54) is 11.6 Å². The van der Waals surface area contributed by atoms with Gasteiger partial charge >= 0.3 is 11.7 Å². The molecule has 0 aromatic carbocycles. The second-order valence-electron chi connectivity index (χ2n) is 3.50. The maximum atomic E-state index is 11.5. The molecule has 0 spiro atoms. The first-order valence-corrected chi connectivity index (χ1v) is 4.56. The van der Waals surface area contributed by atoms with Crippen LogP contribution in [0.1, 0.15) is 23.5 Å². The number of hydrogen-bond donors (Lipinski definition) is 1. The van der Waals surface area contributed by atoms with Gasteiger partial charge in [-0.3, -0.25) is 4.79 Å². The van der Waals surface area contributed by atoms with Gasteiger partial charge in [-0.05, 0) is 17.8 Å². The molecule has 1 amide bonds. The Balaban J connectivity index is 2.20. The Morgan fingerprint density at radius 2 is 2.40 bits per heavy atom. The number of carbonyl (C=O) groups is 1. The quantitative estimate of drug-likeness (QED) is 0.570. The van der Waals surface area contributed by atoms with Crippen molar-refractivity contribution in [2.75, 3.05) is 0 Å². The monoisotopic (exact) mass is 210 g/mol. The number of nitrogens with zero attached hydrogens (tertiary/aromatic N) is 3. The predicted octanol–water partition coefficient (Wildman–Crippen LogP) is 0.220. The molecule has 1 aromatic heterocycles. The van der Waals surface area contributed by atoms with Crippen LogP contribution in [-0.4, -0.2) is 26.4 Å². The Morgan fingerprint density at radius 3 is 2.87 bits per heavy atom. The maximum Gasteiger partial charge on any atom is 0.343 e. The third-order valence-corrected chi connectivity index (χ3v) is 2.27. The molecule has 0 unspecified atom stereocenters. The van der Waals surface area contributed by atoms with Crippen LogP contribution in [-0.2, 0) is 7.05 Å². The molecule has 15 heavy (non-hydrogen) atoms. The van der Waals surface area contributed by atoms with E-state index in [9.17, 15) is 14.9 Å². The first-order valence-electron chi connectivity index (χ1n) is 4.56. The number of aromatic nitrogens is 2. The van der Waals surface area contributed by atoms with Crippen molar-refractivity contribution in [3.05, 3.63) is 22.1 Å². The van der Waals surface area contributed by atoms with E-state index in [2.05, 4.69) is 10.3 Å². The van der Waals surface area contributed by atoms with Gasteiger partial charge in [0.05, 0.1) is 7.05 Å². The molecule has 1 aliphatic rings. The molecular weight excluding hydrogens is 200 g/mol. The predicted molar refractivity (Wildman–Crippen MR) is 50.4 cm³/mol. The number of nitro groups is 1. The van der Waals surface area contributed by atoms with Crippen molar-refractivity contribution in [1.82, 2.24) is 14.9 Å². The highest BCUT2D eigenvalue weighted by Gasteiger charge is 2.28. The standard InChI is InChI=1S/C8H10N4O3/c1-11-6(12(14)15)4-9-7(11)8(13)10-5-2-3-5/h4-5H,2-3H2,1H3,(H,10,13). The molecule has 2 rings (SSSR count). The molecule has 0 aliphatic heterocycles. The molecule has 0 bridgehead atoms. The maximum absolute atomic E-state index is 11.5. The summed E-state index contributed by atoms with van der Waals surface area (Å²) in [6, 6.07) is 0.216. The fourth-order valence-electron chi connectivity index (χ4n) is 1.26. The van der Waals surface area contributed by atoms with Crippen LogP contribution in [0, 0.1) is 10.1 Å². The Hall–Kier alpha value is -1.92. The third kappa shape index (κ3) is 1.80. The Morgan fingerprint density at radius 1 is 1.73 bits per heavy atom. The number of amides is 1. The van der Waals surface area contributed by atoms with Gasteiger partial charge in [-0.2, -0.15) is 0 Å². The largest absolute Gasteiger partial charge is 0.358 e. The van der Waals surface area contributed by atoms with Gasteiger partial charge in [0.2, 0.25) is 0 Å². The summed E-state index contributed by atoms with van der Waals surface area (Å²) in [5, 5.41) is 13.2. The van der Waals surface area contributed by atoms with E-state index in [-0.39, 0.29) is 23.6 Å². The van der Waals surface area contributed by atoms with Crippen molar-refractivity contribution in [2.24, 2.45) is 7.05 Å². The van der Waals surface area contributed by atoms with E-state index in [0.717, 1.165) is 19.0 Å². The lowest BCUT2D eigenvalue weighted by Crippen LogP contribution is -2.28. The molecule has 1 N–H and O–H groups in total. The van der Waals surface area contributed by atoms with Gasteiger partial charge in [0.1, 0.15) is 6.20 Å². The molecule has 0 saturated heterocycles. The van der Waals surface area contributed by atoms with Crippen LogP contribution in [0.4, 0.5) is 5.82 Å². The molecule has 1 saturated carbocycles. The highest BCUT2D eigenvalue weighted by atomic mass is 16.6. The van der Waals surface area contributed by atoms with Gasteiger partial charge < -0.3 is 15.4 Å². The van der Waals surface area contributed by atoms with Crippen LogP contribution >= 0.6 is 0 Å². The second-order valence-corrected chi connectivity index (χ2v) is 3.50. The molecule has 1 aromatic rings. The summed E-state index contributed by atoms with van der Waals surface area (Å²) in [5.41, 5.74) is 0. The molecule has 1 heterocycles. The van der Waals surface area contributed by atoms with Gasteiger partial charge in [0, 0.05) is 6.04 Å². The fraction of sp³-hybridized carbons (Fsp3) is 0.500. The zero-order valence-corrected chi connectivity index (χ0v) is 8.14. The lowest BCUT2D eigenvalue weighted by molar-refractivity contribution is -0.391. The zero-order valence-electron chi connectivity index (χ0n) is 8.14. The number of imidazole rings is 1. The minimum atomic E-state index is -0.569. The van der Waals surface area contributed by atoms with Gasteiger partial charge in [0.25, 0.3) is 5.82 Å². The van der Waals surface area contributed by atoms with Crippen LogP contribution in [0.5, 0.6) is 0 Å². The zero-order chi connectivity index (χ0) is 11.0. The summed E-state index contributed by atoms with van der Waals surface area (Å²) in [4.78, 5) is 25.2. The average Bonchev–Trinajstić information content (AvgIpc) is 2.86. The smallest absolute Gasteiger partial charge is 0.343 e. The van der Waals surface area contributed by atoms with Crippen molar-refractivity contribution < 1.29 is 9.72 Å². The van der Waals surface area contributed by atoms with Crippen molar-refractivity contribution in [1.29, 1.82) is 0 Å². The van der Waals surface area contributed by atoms with Gasteiger partial charge in [-0.25, -0.2) is 9.55 Å². The minimum Gasteiger partial charge on any atom is -0.358 e. The van der Waals surface area contributed by atoms with Crippen LogP contribution in [0.25, 0.3) is 0 Å². The van der Waals surface area contributed by atoms with E-state index in [1.54, 1.807) is 0 Å². The Bertz CT molecular complexity index is 422. The summed E-state index contributed by atoms with van der Waals surface area (Å²) < 4.78 is 1.18. The second kappa shape index (κ2) is 3.34. The summed E-state index contributed by atoms with van der Waals surface area (Å²) in [7, 11) is 1.45. The minimum absolute atomic E-state index is 0.0774. The van der Waals surface area contributed by atoms with Crippen molar-refractivity contribution >= 4 is 11.7 Å². The molecule has 7 nitrogen and oxygen atoms in total. The van der Waals surface area contributed by atoms with E-state index in [4.69, 9.17) is 0 Å². The van der Waals surface area contributed by atoms with Crippen molar-refractivity contribution in [3.8, 4) is 0 Å². The van der Waals surface area contributed by atoms with E-state index in [0.29, 0.717) is 0 Å². The molecule has 1 aliphatic carbocycles. The number of rotatable bonds is 3. The van der Waals surface area contributed by atoms with Crippen LogP contribution in [0.3, 0.4) is 0 Å². The van der Waals surface area contributed by atoms with E-state index >= 15 is 0 Å². The average molecular weight is 210 g/mol. The molecule has 1 fully saturated rings. The van der Waals surface area contributed by atoms with Crippen molar-refractivity contribution in [2.45, 2.75) is 18.9 Å². The summed E-state index contributed by atoms with van der Waals surface area (Å²) >= 11 is 0. The molecule has 0 atom stereocenters. The van der Waals surface area contributed by atoms with Crippen LogP contribution in [0.2, 0.25) is 0 Å². The fourth-order valence-corrected chi connectivity index (χ4v) is 1.26. The third-order valence-electron chi connectivity index (χ3n) is 2.27. The van der Waals surface area contributed by atoms with Gasteiger partial charge in [0.15, 0.2) is 0 Å². The Labute approximate surface area is 85.3 Å². The molecule has 0 radical (unpaired) electrons. The summed E-state index contributed by atoms with van der Waals surface area (Å²) in [6.45, 7) is 0. The van der Waals surface area contributed by atoms with E-state index < -0.39 is 4.92 Å². The van der Waals surface area contributed by atoms with Crippen LogP contribution in [0.15, 0.2) is 6.20 Å². The lowest BCUT2D eigenvalue weighted by atomic mass is 10.5. The summed E-state index contributed by atoms with van der Waals surface area (Å²) in [6.07, 6.45) is 3.03. The highest BCUT2D eigenvalue weighted by molar-refractivity contribution is 5.91. The Kier molecular flexibility index (Phi) is 2.14. The SMILES string of the molecule is Cn1c([N+](=O)[O-])cnc1C(=O)NC1CC1. The molecule has 7 heteroatoms. The first-order chi connectivity index (χ1) is 7.09.